The molecule has 0 aliphatic carbocycles. The van der Waals surface area contributed by atoms with Gasteiger partial charge in [-0.15, -0.1) is 11.8 Å². The molecule has 1 aromatic carbocycles. The molecule has 0 fully saturated rings. The van der Waals surface area contributed by atoms with E-state index in [4.69, 9.17) is 4.74 Å². The number of pyridine rings is 1. The molecular weight excluding hydrogens is 194 g/mol. The van der Waals surface area contributed by atoms with Crippen molar-refractivity contribution in [2.24, 2.45) is 0 Å². The van der Waals surface area contributed by atoms with Gasteiger partial charge in [0.1, 0.15) is 5.75 Å². The Bertz CT molecular complexity index is 413. The predicted octanol–water partition coefficient (Wildman–Crippen LogP) is 2.97. The van der Waals surface area contributed by atoms with Crippen molar-refractivity contribution >= 4 is 22.7 Å². The molecule has 0 spiro atoms. The lowest BCUT2D eigenvalue weighted by atomic mass is 10.2. The molecule has 0 radical (unpaired) electrons. The molecule has 0 atom stereocenters. The summed E-state index contributed by atoms with van der Waals surface area (Å²) in [6, 6.07) is 8.06. The fourth-order valence-electron chi connectivity index (χ4n) is 1.32. The summed E-state index contributed by atoms with van der Waals surface area (Å²) in [4.78, 5) is 5.54. The number of thioether (sulfide) groups is 1. The van der Waals surface area contributed by atoms with E-state index >= 15 is 0 Å². The lowest BCUT2D eigenvalue weighted by molar-refractivity contribution is 0.415. The highest BCUT2D eigenvalue weighted by Gasteiger charge is 1.98. The fourth-order valence-corrected chi connectivity index (χ4v) is 1.72. The van der Waals surface area contributed by atoms with Gasteiger partial charge in [0, 0.05) is 22.5 Å². The monoisotopic (exact) mass is 205 g/mol. The van der Waals surface area contributed by atoms with Crippen LogP contribution in [-0.4, -0.2) is 18.3 Å². The van der Waals surface area contributed by atoms with Crippen molar-refractivity contribution in [3.63, 3.8) is 0 Å². The second kappa shape index (κ2) is 3.88. The third-order valence-corrected chi connectivity index (χ3v) is 2.80. The number of rotatable bonds is 2. The average Bonchev–Trinajstić information content (AvgIpc) is 2.27. The van der Waals surface area contributed by atoms with Gasteiger partial charge in [0.2, 0.25) is 0 Å². The van der Waals surface area contributed by atoms with E-state index < -0.39 is 0 Å². The standard InChI is InChI=1S/C11H11NOS/c1-13-9-4-3-8-5-10(14-2)7-12-11(8)6-9/h3-7H,1-2H3. The maximum Gasteiger partial charge on any atom is 0.121 e. The Morgan fingerprint density at radius 2 is 2.14 bits per heavy atom. The van der Waals surface area contributed by atoms with Gasteiger partial charge in [-0.1, -0.05) is 0 Å². The summed E-state index contributed by atoms with van der Waals surface area (Å²) >= 11 is 1.70. The van der Waals surface area contributed by atoms with Gasteiger partial charge in [0.05, 0.1) is 12.6 Å². The van der Waals surface area contributed by atoms with Gasteiger partial charge in [0.15, 0.2) is 0 Å². The molecule has 1 aromatic heterocycles. The highest BCUT2D eigenvalue weighted by molar-refractivity contribution is 7.98. The Morgan fingerprint density at radius 3 is 2.86 bits per heavy atom. The molecule has 0 saturated carbocycles. The summed E-state index contributed by atoms with van der Waals surface area (Å²) in [5.74, 6) is 0.849. The third-order valence-electron chi connectivity index (χ3n) is 2.10. The van der Waals surface area contributed by atoms with Crippen molar-refractivity contribution in [1.82, 2.24) is 4.98 Å². The zero-order chi connectivity index (χ0) is 9.97. The highest BCUT2D eigenvalue weighted by Crippen LogP contribution is 2.22. The van der Waals surface area contributed by atoms with Crippen LogP contribution in [0.15, 0.2) is 35.4 Å². The van der Waals surface area contributed by atoms with E-state index in [2.05, 4.69) is 11.1 Å². The topological polar surface area (TPSA) is 22.1 Å². The minimum Gasteiger partial charge on any atom is -0.497 e. The molecule has 0 amide bonds. The maximum atomic E-state index is 5.13. The minimum absolute atomic E-state index is 0.849. The molecular formula is C11H11NOS. The van der Waals surface area contributed by atoms with Crippen molar-refractivity contribution < 1.29 is 4.74 Å². The molecule has 2 rings (SSSR count). The first-order valence-electron chi connectivity index (χ1n) is 4.31. The lowest BCUT2D eigenvalue weighted by Crippen LogP contribution is -1.84. The quantitative estimate of drug-likeness (QED) is 0.704. The SMILES string of the molecule is COc1ccc2cc(SC)cnc2c1. The number of methoxy groups -OCH3 is 1. The van der Waals surface area contributed by atoms with Gasteiger partial charge in [0.25, 0.3) is 0 Å². The van der Waals surface area contributed by atoms with Crippen LogP contribution in [0.3, 0.4) is 0 Å². The largest absolute Gasteiger partial charge is 0.497 e. The van der Waals surface area contributed by atoms with Crippen LogP contribution >= 0.6 is 11.8 Å². The van der Waals surface area contributed by atoms with Crippen molar-refractivity contribution in [3.05, 3.63) is 30.5 Å². The normalized spacial score (nSPS) is 10.4. The van der Waals surface area contributed by atoms with Crippen molar-refractivity contribution in [2.45, 2.75) is 4.90 Å². The average molecular weight is 205 g/mol. The van der Waals surface area contributed by atoms with Crippen LogP contribution in [0, 0.1) is 0 Å². The minimum atomic E-state index is 0.849. The Balaban J connectivity index is 2.57. The zero-order valence-electron chi connectivity index (χ0n) is 8.15. The van der Waals surface area contributed by atoms with Crippen LogP contribution in [0.25, 0.3) is 10.9 Å². The molecule has 0 aliphatic heterocycles. The molecule has 14 heavy (non-hydrogen) atoms. The van der Waals surface area contributed by atoms with E-state index in [1.54, 1.807) is 18.9 Å². The van der Waals surface area contributed by atoms with Gasteiger partial charge in [-0.05, 0) is 24.5 Å². The van der Waals surface area contributed by atoms with E-state index in [-0.39, 0.29) is 0 Å². The van der Waals surface area contributed by atoms with Crippen molar-refractivity contribution in [3.8, 4) is 5.75 Å². The summed E-state index contributed by atoms with van der Waals surface area (Å²) in [5.41, 5.74) is 0.974. The second-order valence-electron chi connectivity index (χ2n) is 2.93. The first kappa shape index (κ1) is 9.34. The molecule has 2 aromatic rings. The molecule has 0 aliphatic rings. The molecule has 1 heterocycles. The Morgan fingerprint density at radius 1 is 1.29 bits per heavy atom. The summed E-state index contributed by atoms with van der Waals surface area (Å²) in [7, 11) is 1.66. The van der Waals surface area contributed by atoms with Gasteiger partial charge in [-0.2, -0.15) is 0 Å². The Hall–Kier alpha value is -1.22. The molecule has 72 valence electrons. The van der Waals surface area contributed by atoms with E-state index in [1.165, 1.54) is 4.90 Å². The van der Waals surface area contributed by atoms with Crippen LogP contribution in [0.2, 0.25) is 0 Å². The van der Waals surface area contributed by atoms with Crippen molar-refractivity contribution in [1.29, 1.82) is 0 Å². The number of hydrogen-bond donors (Lipinski definition) is 0. The van der Waals surface area contributed by atoms with Crippen LogP contribution in [0.1, 0.15) is 0 Å². The molecule has 0 unspecified atom stereocenters. The van der Waals surface area contributed by atoms with Gasteiger partial charge < -0.3 is 4.74 Å². The number of fused-ring (bicyclic) bond motifs is 1. The van der Waals surface area contributed by atoms with E-state index in [0.29, 0.717) is 0 Å². The van der Waals surface area contributed by atoms with Gasteiger partial charge in [-0.25, -0.2) is 0 Å². The first-order chi connectivity index (χ1) is 6.83. The molecule has 0 bridgehead atoms. The molecule has 3 heteroatoms. The van der Waals surface area contributed by atoms with Crippen molar-refractivity contribution in [2.75, 3.05) is 13.4 Å². The predicted molar refractivity (Wildman–Crippen MR) is 60.1 cm³/mol. The number of benzene rings is 1. The molecule has 0 saturated heterocycles. The van der Waals surface area contributed by atoms with E-state index in [0.717, 1.165) is 16.7 Å². The fraction of sp³-hybridized carbons (Fsp3) is 0.182. The van der Waals surface area contributed by atoms with Gasteiger partial charge in [-0.3, -0.25) is 4.98 Å². The second-order valence-corrected chi connectivity index (χ2v) is 3.81. The van der Waals surface area contributed by atoms with Crippen LogP contribution in [0.4, 0.5) is 0 Å². The summed E-state index contributed by atoms with van der Waals surface area (Å²) in [6.45, 7) is 0. The first-order valence-corrected chi connectivity index (χ1v) is 5.54. The third kappa shape index (κ3) is 1.68. The zero-order valence-corrected chi connectivity index (χ0v) is 8.97. The Labute approximate surface area is 87.3 Å². The molecule has 0 N–H and O–H groups in total. The maximum absolute atomic E-state index is 5.13. The van der Waals surface area contributed by atoms with E-state index in [1.807, 2.05) is 30.7 Å². The van der Waals surface area contributed by atoms with E-state index in [9.17, 15) is 0 Å². The summed E-state index contributed by atoms with van der Waals surface area (Å²) in [5, 5.41) is 1.15. The number of hydrogen-bond acceptors (Lipinski definition) is 3. The van der Waals surface area contributed by atoms with Crippen LogP contribution < -0.4 is 4.74 Å². The number of nitrogens with zero attached hydrogens (tertiary/aromatic N) is 1. The van der Waals surface area contributed by atoms with Crippen LogP contribution in [-0.2, 0) is 0 Å². The summed E-state index contributed by atoms with van der Waals surface area (Å²) < 4.78 is 5.13. The van der Waals surface area contributed by atoms with Gasteiger partial charge >= 0.3 is 0 Å². The lowest BCUT2D eigenvalue weighted by Gasteiger charge is -2.02. The van der Waals surface area contributed by atoms with Crippen LogP contribution in [0.5, 0.6) is 5.75 Å². The smallest absolute Gasteiger partial charge is 0.121 e. The number of aromatic nitrogens is 1. The highest BCUT2D eigenvalue weighted by atomic mass is 32.2. The number of ether oxygens (including phenoxy) is 1. The summed E-state index contributed by atoms with van der Waals surface area (Å²) in [6.07, 6.45) is 3.93. The Kier molecular flexibility index (Phi) is 2.59. The molecule has 2 nitrogen and oxygen atoms in total.